The fraction of sp³-hybridized carbons (Fsp3) is 0. The number of anilines is 6. The molecular weight excluding hydrogens is 877 g/mol. The van der Waals surface area contributed by atoms with Crippen LogP contribution in [0.2, 0.25) is 0 Å². The maximum Gasteiger partial charge on any atom is 0.0540 e. The summed E-state index contributed by atoms with van der Waals surface area (Å²) in [7, 11) is 0. The number of nitrogens with zero attached hydrogens (tertiary/aromatic N) is 2. The highest BCUT2D eigenvalue weighted by Crippen LogP contribution is 2.49. The predicted molar refractivity (Wildman–Crippen MR) is 307 cm³/mol. The molecule has 0 saturated carbocycles. The summed E-state index contributed by atoms with van der Waals surface area (Å²) in [6.07, 6.45) is 0. The highest BCUT2D eigenvalue weighted by atomic mass is 32.1. The van der Waals surface area contributed by atoms with Gasteiger partial charge in [-0.3, -0.25) is 0 Å². The van der Waals surface area contributed by atoms with E-state index in [1.807, 2.05) is 11.3 Å². The van der Waals surface area contributed by atoms with Gasteiger partial charge in [0.2, 0.25) is 0 Å². The molecule has 2 nitrogen and oxygen atoms in total. The lowest BCUT2D eigenvalue weighted by molar-refractivity contribution is 1.30. The van der Waals surface area contributed by atoms with Crippen LogP contribution in [0.3, 0.4) is 0 Å². The maximum atomic E-state index is 2.47. The van der Waals surface area contributed by atoms with E-state index in [4.69, 9.17) is 0 Å². The molecule has 0 aliphatic carbocycles. The zero-order chi connectivity index (χ0) is 46.6. The summed E-state index contributed by atoms with van der Waals surface area (Å²) < 4.78 is 2.52. The van der Waals surface area contributed by atoms with Gasteiger partial charge in [-0.1, -0.05) is 182 Å². The number of hydrogen-bond donors (Lipinski definition) is 0. The summed E-state index contributed by atoms with van der Waals surface area (Å²) in [5, 5.41) is 17.8. The van der Waals surface area contributed by atoms with Crippen LogP contribution in [-0.2, 0) is 0 Å². The van der Waals surface area contributed by atoms with Crippen molar-refractivity contribution in [1.82, 2.24) is 0 Å². The molecule has 1 aromatic heterocycles. The number of fused-ring (bicyclic) bond motifs is 3. The molecule has 0 radical (unpaired) electrons. The van der Waals surface area contributed by atoms with E-state index in [1.165, 1.54) is 107 Å². The summed E-state index contributed by atoms with van der Waals surface area (Å²) in [6.45, 7) is 0. The first kappa shape index (κ1) is 39.9. The fourth-order valence-corrected chi connectivity index (χ4v) is 12.6. The molecule has 0 aliphatic rings. The van der Waals surface area contributed by atoms with E-state index in [0.29, 0.717) is 0 Å². The Hall–Kier alpha value is -9.02. The van der Waals surface area contributed by atoms with E-state index in [0.717, 1.165) is 34.1 Å². The molecule has 0 bridgehead atoms. The third-order valence-electron chi connectivity index (χ3n) is 14.9. The minimum Gasteiger partial charge on any atom is -0.310 e. The first-order chi connectivity index (χ1) is 35.2. The molecule has 0 spiro atoms. The molecular formula is C68H42N2S. The van der Waals surface area contributed by atoms with Crippen molar-refractivity contribution in [3.63, 3.8) is 0 Å². The average Bonchev–Trinajstić information content (AvgIpc) is 3.81. The zero-order valence-corrected chi connectivity index (χ0v) is 39.4. The van der Waals surface area contributed by atoms with Crippen molar-refractivity contribution >= 4 is 130 Å². The van der Waals surface area contributed by atoms with Gasteiger partial charge >= 0.3 is 0 Å². The van der Waals surface area contributed by atoms with Crippen LogP contribution in [0.15, 0.2) is 255 Å². The first-order valence-corrected chi connectivity index (χ1v) is 25.2. The molecule has 3 heteroatoms. The lowest BCUT2D eigenvalue weighted by atomic mass is 9.93. The van der Waals surface area contributed by atoms with Crippen LogP contribution in [0, 0.1) is 0 Å². The van der Waals surface area contributed by atoms with Crippen LogP contribution < -0.4 is 9.80 Å². The van der Waals surface area contributed by atoms with E-state index >= 15 is 0 Å². The average molecular weight is 919 g/mol. The molecule has 0 aliphatic heterocycles. The molecule has 71 heavy (non-hydrogen) atoms. The van der Waals surface area contributed by atoms with Crippen LogP contribution in [0.1, 0.15) is 0 Å². The first-order valence-electron chi connectivity index (χ1n) is 24.4. The van der Waals surface area contributed by atoms with E-state index in [9.17, 15) is 0 Å². The summed E-state index contributed by atoms with van der Waals surface area (Å²) in [4.78, 5) is 4.94. The molecule has 330 valence electrons. The Morgan fingerprint density at radius 2 is 0.563 bits per heavy atom. The minimum absolute atomic E-state index is 1.11. The zero-order valence-electron chi connectivity index (χ0n) is 38.6. The van der Waals surface area contributed by atoms with Gasteiger partial charge in [0, 0.05) is 53.7 Å². The van der Waals surface area contributed by atoms with Crippen molar-refractivity contribution in [2.75, 3.05) is 9.80 Å². The Bertz CT molecular complexity index is 4180. The Labute approximate surface area is 414 Å². The van der Waals surface area contributed by atoms with Gasteiger partial charge in [0.15, 0.2) is 0 Å². The van der Waals surface area contributed by atoms with Crippen LogP contribution >= 0.6 is 11.3 Å². The van der Waals surface area contributed by atoms with E-state index < -0.39 is 0 Å². The lowest BCUT2D eigenvalue weighted by Crippen LogP contribution is -2.11. The van der Waals surface area contributed by atoms with Crippen molar-refractivity contribution in [2.24, 2.45) is 0 Å². The van der Waals surface area contributed by atoms with E-state index in [-0.39, 0.29) is 0 Å². The SMILES string of the molecule is c1ccc(-c2ccc(N(c3ccc4sc5ccc(N(c6ccc(-c7ccccc7)cc6)c6ccc7ccc8cccc9ccc6c7c89)cc5c4c3)c3ccc4ccc5cccc6ccc3c4c56)cc2)cc1. The highest BCUT2D eigenvalue weighted by molar-refractivity contribution is 7.25. The van der Waals surface area contributed by atoms with Crippen molar-refractivity contribution in [2.45, 2.75) is 0 Å². The quantitative estimate of drug-likeness (QED) is 0.140. The van der Waals surface area contributed by atoms with Gasteiger partial charge in [-0.25, -0.2) is 0 Å². The molecule has 15 rings (SSSR count). The molecule has 0 fully saturated rings. The predicted octanol–water partition coefficient (Wildman–Crippen LogP) is 20.1. The molecule has 1 heterocycles. The molecule has 0 unspecified atom stereocenters. The minimum atomic E-state index is 1.11. The molecule has 0 amide bonds. The normalized spacial score (nSPS) is 11.9. The van der Waals surface area contributed by atoms with Gasteiger partial charge in [0.1, 0.15) is 0 Å². The number of rotatable bonds is 8. The van der Waals surface area contributed by atoms with Gasteiger partial charge < -0.3 is 9.80 Å². The Balaban J connectivity index is 0.932. The van der Waals surface area contributed by atoms with E-state index in [2.05, 4.69) is 265 Å². The molecule has 15 aromatic rings. The highest BCUT2D eigenvalue weighted by Gasteiger charge is 2.23. The molecule has 14 aromatic carbocycles. The number of thiophene rings is 1. The number of hydrogen-bond acceptors (Lipinski definition) is 3. The van der Waals surface area contributed by atoms with E-state index in [1.54, 1.807) is 0 Å². The monoisotopic (exact) mass is 918 g/mol. The summed E-state index contributed by atoms with van der Waals surface area (Å²) in [5.41, 5.74) is 11.6. The Morgan fingerprint density at radius 3 is 0.972 bits per heavy atom. The number of benzene rings is 14. The summed E-state index contributed by atoms with van der Waals surface area (Å²) >= 11 is 1.86. The fourth-order valence-electron chi connectivity index (χ4n) is 11.6. The van der Waals surface area contributed by atoms with Gasteiger partial charge in [-0.2, -0.15) is 0 Å². The van der Waals surface area contributed by atoms with Gasteiger partial charge in [0.25, 0.3) is 0 Å². The van der Waals surface area contributed by atoms with Gasteiger partial charge in [-0.05, 0) is 149 Å². The Morgan fingerprint density at radius 1 is 0.225 bits per heavy atom. The van der Waals surface area contributed by atoms with Crippen molar-refractivity contribution in [1.29, 1.82) is 0 Å². The van der Waals surface area contributed by atoms with Gasteiger partial charge in [0.05, 0.1) is 11.4 Å². The second-order valence-electron chi connectivity index (χ2n) is 18.8. The third kappa shape index (κ3) is 6.34. The largest absolute Gasteiger partial charge is 0.310 e. The van der Waals surface area contributed by atoms with Crippen LogP contribution in [0.4, 0.5) is 34.1 Å². The molecule has 0 saturated heterocycles. The third-order valence-corrected chi connectivity index (χ3v) is 16.1. The topological polar surface area (TPSA) is 6.48 Å². The Kier molecular flexibility index (Phi) is 8.86. The standard InChI is InChI=1S/C68H42N2S/c1-3-9-43(10-4-1)45-21-29-53(30-22-45)69(61-37-27-51-19-17-47-13-7-15-49-25-35-57(61)67(51)65(47)49)55-33-39-63-59(41-55)60-42-56(34-40-64(60)71-63)70(54-31-23-46(24-32-54)44-11-5-2-6-12-44)62-38-28-52-20-18-48-14-8-16-50-26-36-58(62)68(52)66(48)50/h1-42H. The molecule has 0 atom stereocenters. The van der Waals surface area contributed by atoms with Crippen molar-refractivity contribution < 1.29 is 0 Å². The smallest absolute Gasteiger partial charge is 0.0540 e. The van der Waals surface area contributed by atoms with Crippen molar-refractivity contribution in [3.8, 4) is 22.3 Å². The summed E-state index contributed by atoms with van der Waals surface area (Å²) in [6, 6.07) is 94.5. The maximum absolute atomic E-state index is 2.47. The lowest BCUT2D eigenvalue weighted by Gasteiger charge is -2.28. The molecule has 0 N–H and O–H groups in total. The van der Waals surface area contributed by atoms with Crippen molar-refractivity contribution in [3.05, 3.63) is 255 Å². The van der Waals surface area contributed by atoms with Crippen LogP contribution in [0.5, 0.6) is 0 Å². The summed E-state index contributed by atoms with van der Waals surface area (Å²) in [5.74, 6) is 0. The second-order valence-corrected chi connectivity index (χ2v) is 19.9. The second kappa shape index (κ2) is 15.8. The van der Waals surface area contributed by atoms with Crippen LogP contribution in [-0.4, -0.2) is 0 Å². The van der Waals surface area contributed by atoms with Crippen LogP contribution in [0.25, 0.3) is 107 Å². The van der Waals surface area contributed by atoms with Gasteiger partial charge in [-0.15, -0.1) is 11.3 Å².